The van der Waals surface area contributed by atoms with Crippen molar-refractivity contribution >= 4 is 6.09 Å². The summed E-state index contributed by atoms with van der Waals surface area (Å²) in [4.78, 5) is 13.9. The van der Waals surface area contributed by atoms with Gasteiger partial charge in [-0.15, -0.1) is 0 Å². The van der Waals surface area contributed by atoms with Gasteiger partial charge in [0.25, 0.3) is 0 Å². The van der Waals surface area contributed by atoms with E-state index in [9.17, 15) is 4.79 Å². The molecule has 1 heterocycles. The van der Waals surface area contributed by atoms with Gasteiger partial charge in [-0.3, -0.25) is 0 Å². The summed E-state index contributed by atoms with van der Waals surface area (Å²) in [5.74, 6) is 0.572. The van der Waals surface area contributed by atoms with Crippen molar-refractivity contribution in [3.8, 4) is 0 Å². The van der Waals surface area contributed by atoms with Crippen molar-refractivity contribution in [2.45, 2.75) is 52.2 Å². The number of amides is 1. The van der Waals surface area contributed by atoms with E-state index in [4.69, 9.17) is 9.47 Å². The maximum atomic E-state index is 12.0. The van der Waals surface area contributed by atoms with Crippen molar-refractivity contribution in [3.63, 3.8) is 0 Å². The first-order valence-electron chi connectivity index (χ1n) is 8.53. The molecule has 0 unspecified atom stereocenters. The van der Waals surface area contributed by atoms with Gasteiger partial charge < -0.3 is 14.4 Å². The van der Waals surface area contributed by atoms with Gasteiger partial charge in [0.05, 0.1) is 6.61 Å². The number of carbonyl (C=O) groups is 1. The van der Waals surface area contributed by atoms with Crippen molar-refractivity contribution < 1.29 is 14.3 Å². The maximum absolute atomic E-state index is 12.0. The predicted molar refractivity (Wildman–Crippen MR) is 91.2 cm³/mol. The maximum Gasteiger partial charge on any atom is 0.410 e. The molecule has 0 N–H and O–H groups in total. The first-order valence-corrected chi connectivity index (χ1v) is 8.53. The molecule has 0 radical (unpaired) electrons. The molecule has 1 atom stereocenters. The fraction of sp³-hybridized carbons (Fsp3) is 0.632. The fourth-order valence-corrected chi connectivity index (χ4v) is 2.80. The second kappa shape index (κ2) is 8.34. The Bertz CT molecular complexity index is 481. The average Bonchev–Trinajstić information content (AvgIpc) is 2.95. The molecule has 1 aromatic rings. The Morgan fingerprint density at radius 2 is 2.00 bits per heavy atom. The van der Waals surface area contributed by atoms with E-state index in [0.29, 0.717) is 12.5 Å². The zero-order valence-electron chi connectivity index (χ0n) is 14.6. The highest BCUT2D eigenvalue weighted by Gasteiger charge is 2.29. The Hall–Kier alpha value is -1.55. The van der Waals surface area contributed by atoms with E-state index in [0.717, 1.165) is 39.0 Å². The van der Waals surface area contributed by atoms with Gasteiger partial charge in [0, 0.05) is 19.7 Å². The summed E-state index contributed by atoms with van der Waals surface area (Å²) in [6.07, 6.45) is 3.03. The third-order valence-electron chi connectivity index (χ3n) is 3.95. The molecular weight excluding hydrogens is 290 g/mol. The average molecular weight is 319 g/mol. The summed E-state index contributed by atoms with van der Waals surface area (Å²) in [6, 6.07) is 10.2. The summed E-state index contributed by atoms with van der Waals surface area (Å²) < 4.78 is 11.1. The molecule has 0 spiro atoms. The standard InChI is InChI=1S/C19H29NO3/c1-19(2,3)23-18(21)20-12-11-16(14-20)10-7-13-22-15-17-8-5-4-6-9-17/h4-6,8-9,16H,7,10-15H2,1-3H3/t16-/m1/s1. The van der Waals surface area contributed by atoms with Crippen LogP contribution in [0.25, 0.3) is 0 Å². The van der Waals surface area contributed by atoms with Crippen LogP contribution in [0.4, 0.5) is 4.79 Å². The lowest BCUT2D eigenvalue weighted by Gasteiger charge is -2.24. The lowest BCUT2D eigenvalue weighted by Crippen LogP contribution is -2.35. The number of carbonyl (C=O) groups excluding carboxylic acids is 1. The lowest BCUT2D eigenvalue weighted by molar-refractivity contribution is 0.0286. The van der Waals surface area contributed by atoms with Crippen LogP contribution in [0.3, 0.4) is 0 Å². The third kappa shape index (κ3) is 6.61. The molecule has 2 rings (SSSR count). The summed E-state index contributed by atoms with van der Waals surface area (Å²) in [7, 11) is 0. The van der Waals surface area contributed by atoms with Crippen molar-refractivity contribution in [1.29, 1.82) is 0 Å². The molecule has 1 amide bonds. The Balaban J connectivity index is 1.58. The number of likely N-dealkylation sites (tertiary alicyclic amines) is 1. The molecule has 1 aromatic carbocycles. The van der Waals surface area contributed by atoms with E-state index in [1.807, 2.05) is 43.9 Å². The van der Waals surface area contributed by atoms with Gasteiger partial charge in [0.15, 0.2) is 0 Å². The predicted octanol–water partition coefficient (Wildman–Crippen LogP) is 4.24. The van der Waals surface area contributed by atoms with Crippen LogP contribution in [0.1, 0.15) is 45.6 Å². The number of benzene rings is 1. The van der Waals surface area contributed by atoms with Gasteiger partial charge in [0.1, 0.15) is 5.60 Å². The Labute approximate surface area is 139 Å². The van der Waals surface area contributed by atoms with E-state index < -0.39 is 5.60 Å². The van der Waals surface area contributed by atoms with E-state index >= 15 is 0 Å². The van der Waals surface area contributed by atoms with Crippen molar-refractivity contribution in [3.05, 3.63) is 35.9 Å². The highest BCUT2D eigenvalue weighted by molar-refractivity contribution is 5.68. The summed E-state index contributed by atoms with van der Waals surface area (Å²) in [5, 5.41) is 0. The van der Waals surface area contributed by atoms with E-state index in [-0.39, 0.29) is 6.09 Å². The van der Waals surface area contributed by atoms with Gasteiger partial charge in [-0.25, -0.2) is 4.79 Å². The summed E-state index contributed by atoms with van der Waals surface area (Å²) in [5.41, 5.74) is 0.796. The van der Waals surface area contributed by atoms with Crippen LogP contribution in [0.15, 0.2) is 30.3 Å². The van der Waals surface area contributed by atoms with Crippen LogP contribution in [-0.4, -0.2) is 36.3 Å². The molecule has 1 fully saturated rings. The minimum Gasteiger partial charge on any atom is -0.444 e. The fourth-order valence-electron chi connectivity index (χ4n) is 2.80. The van der Waals surface area contributed by atoms with E-state index in [1.54, 1.807) is 0 Å². The molecule has 1 aliphatic heterocycles. The molecule has 4 nitrogen and oxygen atoms in total. The Kier molecular flexibility index (Phi) is 6.46. The number of ether oxygens (including phenoxy) is 2. The van der Waals surface area contributed by atoms with Crippen LogP contribution in [0.2, 0.25) is 0 Å². The zero-order chi connectivity index (χ0) is 16.7. The van der Waals surface area contributed by atoms with Crippen LogP contribution in [-0.2, 0) is 16.1 Å². The van der Waals surface area contributed by atoms with Crippen molar-refractivity contribution in [1.82, 2.24) is 4.90 Å². The molecule has 1 saturated heterocycles. The first kappa shape index (κ1) is 17.8. The quantitative estimate of drug-likeness (QED) is 0.736. The molecule has 4 heteroatoms. The normalized spacial score (nSPS) is 18.2. The molecular formula is C19H29NO3. The first-order chi connectivity index (χ1) is 10.9. The van der Waals surface area contributed by atoms with Gasteiger partial charge in [0.2, 0.25) is 0 Å². The van der Waals surface area contributed by atoms with Gasteiger partial charge in [-0.1, -0.05) is 30.3 Å². The lowest BCUT2D eigenvalue weighted by atomic mass is 10.0. The monoisotopic (exact) mass is 319 g/mol. The number of nitrogens with zero attached hydrogens (tertiary/aromatic N) is 1. The number of hydrogen-bond donors (Lipinski definition) is 0. The van der Waals surface area contributed by atoms with E-state index in [2.05, 4.69) is 12.1 Å². The van der Waals surface area contributed by atoms with Crippen LogP contribution in [0, 0.1) is 5.92 Å². The molecule has 0 saturated carbocycles. The largest absolute Gasteiger partial charge is 0.444 e. The highest BCUT2D eigenvalue weighted by Crippen LogP contribution is 2.23. The minimum absolute atomic E-state index is 0.180. The summed E-state index contributed by atoms with van der Waals surface area (Å²) >= 11 is 0. The SMILES string of the molecule is CC(C)(C)OC(=O)N1CC[C@@H](CCCOCc2ccccc2)C1. The Morgan fingerprint density at radius 3 is 2.70 bits per heavy atom. The molecule has 1 aliphatic rings. The number of rotatable bonds is 6. The van der Waals surface area contributed by atoms with Crippen LogP contribution in [0.5, 0.6) is 0 Å². The van der Waals surface area contributed by atoms with Crippen molar-refractivity contribution in [2.24, 2.45) is 5.92 Å². The van der Waals surface area contributed by atoms with Gasteiger partial charge in [-0.05, 0) is 51.5 Å². The number of hydrogen-bond acceptors (Lipinski definition) is 3. The Morgan fingerprint density at radius 1 is 1.26 bits per heavy atom. The summed E-state index contributed by atoms with van der Waals surface area (Å²) in [6.45, 7) is 8.79. The molecule has 0 bridgehead atoms. The molecule has 0 aromatic heterocycles. The molecule has 0 aliphatic carbocycles. The second-order valence-electron chi connectivity index (χ2n) is 7.26. The van der Waals surface area contributed by atoms with E-state index in [1.165, 1.54) is 5.56 Å². The van der Waals surface area contributed by atoms with Crippen molar-refractivity contribution in [2.75, 3.05) is 19.7 Å². The smallest absolute Gasteiger partial charge is 0.410 e. The van der Waals surface area contributed by atoms with Gasteiger partial charge >= 0.3 is 6.09 Å². The van der Waals surface area contributed by atoms with Gasteiger partial charge in [-0.2, -0.15) is 0 Å². The zero-order valence-corrected chi connectivity index (χ0v) is 14.6. The van der Waals surface area contributed by atoms with Crippen LogP contribution < -0.4 is 0 Å². The van der Waals surface area contributed by atoms with Crippen LogP contribution >= 0.6 is 0 Å². The minimum atomic E-state index is -0.416. The highest BCUT2D eigenvalue weighted by atomic mass is 16.6. The topological polar surface area (TPSA) is 38.8 Å². The molecule has 23 heavy (non-hydrogen) atoms. The molecule has 128 valence electrons. The third-order valence-corrected chi connectivity index (χ3v) is 3.95. The second-order valence-corrected chi connectivity index (χ2v) is 7.26.